The predicted molar refractivity (Wildman–Crippen MR) is 80.3 cm³/mol. The molecule has 0 aliphatic carbocycles. The van der Waals surface area contributed by atoms with Gasteiger partial charge in [0.1, 0.15) is 5.82 Å². The van der Waals surface area contributed by atoms with E-state index in [1.807, 2.05) is 18.3 Å². The Balaban J connectivity index is 2.05. The first-order valence-corrected chi connectivity index (χ1v) is 7.67. The Kier molecular flexibility index (Phi) is 3.23. The number of rotatable bonds is 1. The quantitative estimate of drug-likeness (QED) is 0.746. The molecule has 5 heteroatoms. The van der Waals surface area contributed by atoms with Crippen LogP contribution in [0, 0.1) is 13.8 Å². The van der Waals surface area contributed by atoms with Crippen molar-refractivity contribution in [2.24, 2.45) is 0 Å². The van der Waals surface area contributed by atoms with Crippen molar-refractivity contribution in [3.05, 3.63) is 38.4 Å². The van der Waals surface area contributed by atoms with Crippen LogP contribution in [0.25, 0.3) is 0 Å². The number of aryl methyl sites for hydroxylation is 1. The number of halogens is 1. The van der Waals surface area contributed by atoms with Crippen LogP contribution in [-0.4, -0.2) is 16.5 Å². The van der Waals surface area contributed by atoms with Crippen LogP contribution in [0.3, 0.4) is 0 Å². The molecule has 0 aromatic carbocycles. The van der Waals surface area contributed by atoms with Gasteiger partial charge >= 0.3 is 0 Å². The van der Waals surface area contributed by atoms with Crippen LogP contribution < -0.4 is 4.90 Å². The smallest absolute Gasteiger partial charge is 0.224 e. The minimum absolute atomic E-state index is 0.335. The molecule has 0 fully saturated rings. The lowest BCUT2D eigenvalue weighted by Crippen LogP contribution is -2.34. The van der Waals surface area contributed by atoms with E-state index < -0.39 is 0 Å². The van der Waals surface area contributed by atoms with Gasteiger partial charge in [-0.2, -0.15) is 0 Å². The van der Waals surface area contributed by atoms with Crippen molar-refractivity contribution in [1.29, 1.82) is 0 Å². The summed E-state index contributed by atoms with van der Waals surface area (Å²) in [7, 11) is 0. The van der Waals surface area contributed by atoms with E-state index in [0.29, 0.717) is 11.3 Å². The molecular weight excluding hydrogens is 278 g/mol. The number of hydrogen-bond donors (Lipinski definition) is 0. The largest absolute Gasteiger partial charge is 0.348 e. The first-order chi connectivity index (χ1) is 9.08. The highest BCUT2D eigenvalue weighted by Gasteiger charge is 2.27. The Morgan fingerprint density at radius 1 is 1.37 bits per heavy atom. The second-order valence-electron chi connectivity index (χ2n) is 4.96. The Morgan fingerprint density at radius 3 is 2.95 bits per heavy atom. The lowest BCUT2D eigenvalue weighted by Gasteiger charge is -2.35. The summed E-state index contributed by atoms with van der Waals surface area (Å²) in [4.78, 5) is 12.5. The molecule has 0 bridgehead atoms. The van der Waals surface area contributed by atoms with Crippen molar-refractivity contribution >= 4 is 28.8 Å². The molecule has 3 rings (SSSR count). The van der Waals surface area contributed by atoms with Crippen molar-refractivity contribution in [2.75, 3.05) is 11.4 Å². The zero-order chi connectivity index (χ0) is 13.6. The number of aromatic nitrogens is 2. The van der Waals surface area contributed by atoms with Gasteiger partial charge in [0.05, 0.1) is 6.04 Å². The average Bonchev–Trinajstić information content (AvgIpc) is 2.84. The van der Waals surface area contributed by atoms with Gasteiger partial charge in [0.2, 0.25) is 5.28 Å². The second-order valence-corrected chi connectivity index (χ2v) is 6.24. The number of anilines is 1. The summed E-state index contributed by atoms with van der Waals surface area (Å²) in [6.45, 7) is 7.27. The lowest BCUT2D eigenvalue weighted by atomic mass is 10.0. The maximum atomic E-state index is 6.02. The van der Waals surface area contributed by atoms with Gasteiger partial charge in [0, 0.05) is 22.7 Å². The summed E-state index contributed by atoms with van der Waals surface area (Å²) in [6, 6.07) is 2.59. The van der Waals surface area contributed by atoms with Gasteiger partial charge in [-0.15, -0.1) is 11.3 Å². The summed E-state index contributed by atoms with van der Waals surface area (Å²) < 4.78 is 0. The van der Waals surface area contributed by atoms with E-state index in [9.17, 15) is 0 Å². The van der Waals surface area contributed by atoms with Crippen LogP contribution in [0.5, 0.6) is 0 Å². The maximum Gasteiger partial charge on any atom is 0.224 e. The highest BCUT2D eigenvalue weighted by atomic mass is 35.5. The Morgan fingerprint density at radius 2 is 2.16 bits per heavy atom. The maximum absolute atomic E-state index is 6.02. The van der Waals surface area contributed by atoms with Gasteiger partial charge in [-0.05, 0) is 55.8 Å². The van der Waals surface area contributed by atoms with Crippen LogP contribution >= 0.6 is 22.9 Å². The molecule has 3 heterocycles. The first-order valence-electron chi connectivity index (χ1n) is 6.41. The third-order valence-corrected chi connectivity index (χ3v) is 5.16. The van der Waals surface area contributed by atoms with Crippen molar-refractivity contribution in [3.63, 3.8) is 0 Å². The number of thiophene rings is 1. The van der Waals surface area contributed by atoms with E-state index >= 15 is 0 Å². The Labute approximate surface area is 122 Å². The molecule has 1 aliphatic heterocycles. The highest BCUT2D eigenvalue weighted by molar-refractivity contribution is 7.10. The second kappa shape index (κ2) is 4.76. The summed E-state index contributed by atoms with van der Waals surface area (Å²) in [5.74, 6) is 0.976. The number of fused-ring (bicyclic) bond motifs is 1. The number of hydrogen-bond acceptors (Lipinski definition) is 4. The molecule has 1 atom stereocenters. The molecule has 0 saturated carbocycles. The molecule has 1 unspecified atom stereocenters. The predicted octanol–water partition coefficient (Wildman–Crippen LogP) is 3.93. The van der Waals surface area contributed by atoms with Crippen molar-refractivity contribution in [1.82, 2.24) is 9.97 Å². The topological polar surface area (TPSA) is 29.0 Å². The molecule has 100 valence electrons. The minimum Gasteiger partial charge on any atom is -0.348 e. The van der Waals surface area contributed by atoms with Gasteiger partial charge in [-0.1, -0.05) is 0 Å². The number of nitrogens with zero attached hydrogens (tertiary/aromatic N) is 3. The molecule has 1 aliphatic rings. The van der Waals surface area contributed by atoms with Gasteiger partial charge in [-0.3, -0.25) is 0 Å². The third-order valence-electron chi connectivity index (χ3n) is 3.86. The molecule has 2 aromatic heterocycles. The summed E-state index contributed by atoms with van der Waals surface area (Å²) in [5, 5.41) is 2.51. The van der Waals surface area contributed by atoms with Crippen LogP contribution in [-0.2, 0) is 6.42 Å². The van der Waals surface area contributed by atoms with E-state index in [0.717, 1.165) is 30.0 Å². The normalized spacial score (nSPS) is 18.5. The Hall–Kier alpha value is -1.13. The van der Waals surface area contributed by atoms with E-state index in [2.05, 4.69) is 40.2 Å². The van der Waals surface area contributed by atoms with E-state index in [4.69, 9.17) is 11.6 Å². The third kappa shape index (κ3) is 2.13. The van der Waals surface area contributed by atoms with Crippen LogP contribution in [0.4, 0.5) is 5.82 Å². The lowest BCUT2D eigenvalue weighted by molar-refractivity contribution is 0.625. The summed E-state index contributed by atoms with van der Waals surface area (Å²) in [5.41, 5.74) is 3.55. The van der Waals surface area contributed by atoms with Gasteiger partial charge in [0.25, 0.3) is 0 Å². The van der Waals surface area contributed by atoms with E-state index in [-0.39, 0.29) is 0 Å². The van der Waals surface area contributed by atoms with Crippen molar-refractivity contribution in [2.45, 2.75) is 33.2 Å². The van der Waals surface area contributed by atoms with Gasteiger partial charge < -0.3 is 4.90 Å². The highest BCUT2D eigenvalue weighted by Crippen LogP contribution is 2.37. The van der Waals surface area contributed by atoms with Gasteiger partial charge in [0.15, 0.2) is 0 Å². The van der Waals surface area contributed by atoms with Crippen molar-refractivity contribution < 1.29 is 0 Å². The molecule has 0 N–H and O–H groups in total. The SMILES string of the molecule is Cc1nc(Cl)nc(N2CCc3ccsc3C2C)c1C. The van der Waals surface area contributed by atoms with Crippen LogP contribution in [0.15, 0.2) is 11.4 Å². The van der Waals surface area contributed by atoms with E-state index in [1.54, 1.807) is 0 Å². The molecular formula is C14H16ClN3S. The molecule has 19 heavy (non-hydrogen) atoms. The minimum atomic E-state index is 0.335. The fourth-order valence-corrected chi connectivity index (χ4v) is 3.88. The fourth-order valence-electron chi connectivity index (χ4n) is 2.65. The molecule has 0 saturated heterocycles. The zero-order valence-electron chi connectivity index (χ0n) is 11.3. The summed E-state index contributed by atoms with van der Waals surface area (Å²) in [6.07, 6.45) is 1.07. The molecule has 0 radical (unpaired) electrons. The first kappa shape index (κ1) is 12.9. The Bertz CT molecular complexity index is 623. The van der Waals surface area contributed by atoms with E-state index in [1.165, 1.54) is 10.4 Å². The van der Waals surface area contributed by atoms with Crippen molar-refractivity contribution in [3.8, 4) is 0 Å². The fraction of sp³-hybridized carbons (Fsp3) is 0.429. The molecule has 0 amide bonds. The molecule has 3 nitrogen and oxygen atoms in total. The standard InChI is InChI=1S/C14H16ClN3S/c1-8-9(2)16-14(15)17-13(8)18-6-4-11-5-7-19-12(11)10(18)3/h5,7,10H,4,6H2,1-3H3. The molecule has 0 spiro atoms. The molecule has 2 aromatic rings. The van der Waals surface area contributed by atoms with Crippen LogP contribution in [0.1, 0.15) is 34.7 Å². The zero-order valence-corrected chi connectivity index (χ0v) is 12.8. The van der Waals surface area contributed by atoms with Crippen LogP contribution in [0.2, 0.25) is 5.28 Å². The summed E-state index contributed by atoms with van der Waals surface area (Å²) >= 11 is 7.85. The monoisotopic (exact) mass is 293 g/mol. The average molecular weight is 294 g/mol. The van der Waals surface area contributed by atoms with Gasteiger partial charge in [-0.25, -0.2) is 9.97 Å².